The van der Waals surface area contributed by atoms with Gasteiger partial charge in [-0.25, -0.2) is 4.98 Å². The number of rotatable bonds is 6. The molecule has 1 aromatic heterocycles. The highest BCUT2D eigenvalue weighted by molar-refractivity contribution is 5.90. The third kappa shape index (κ3) is 3.41. The summed E-state index contributed by atoms with van der Waals surface area (Å²) in [6, 6.07) is 8.77. The Morgan fingerprint density at radius 3 is 2.65 bits per heavy atom. The highest BCUT2D eigenvalue weighted by Crippen LogP contribution is 2.35. The van der Waals surface area contributed by atoms with Crippen LogP contribution in [0.25, 0.3) is 10.9 Å². The van der Waals surface area contributed by atoms with Crippen molar-refractivity contribution in [3.8, 4) is 0 Å². The predicted molar refractivity (Wildman–Crippen MR) is 95.8 cm³/mol. The number of aromatic nitrogens is 2. The molecule has 2 aliphatic rings. The average molecular weight is 310 g/mol. The number of nitrogens with zero attached hydrogens (tertiary/aromatic N) is 2. The van der Waals surface area contributed by atoms with Crippen molar-refractivity contribution < 1.29 is 0 Å². The van der Waals surface area contributed by atoms with E-state index >= 15 is 0 Å². The minimum absolute atomic E-state index is 0.482. The largest absolute Gasteiger partial charge is 0.367 e. The minimum Gasteiger partial charge on any atom is -0.367 e. The van der Waals surface area contributed by atoms with Gasteiger partial charge in [-0.2, -0.15) is 4.98 Å². The Hall–Kier alpha value is -1.84. The van der Waals surface area contributed by atoms with Crippen LogP contribution in [0.15, 0.2) is 24.3 Å². The van der Waals surface area contributed by atoms with Crippen LogP contribution in [0.1, 0.15) is 45.4 Å². The smallest absolute Gasteiger partial charge is 0.225 e. The van der Waals surface area contributed by atoms with Gasteiger partial charge in [-0.1, -0.05) is 25.0 Å². The van der Waals surface area contributed by atoms with Gasteiger partial charge in [0.15, 0.2) is 0 Å². The van der Waals surface area contributed by atoms with Crippen molar-refractivity contribution in [1.82, 2.24) is 9.97 Å². The quantitative estimate of drug-likeness (QED) is 0.828. The first-order valence-electron chi connectivity index (χ1n) is 9.07. The molecule has 4 heteroatoms. The SMILES string of the molecule is C[C@@H](Nc1nc(NCC2CCCC2)nc2ccccc12)C1CC1. The number of hydrogen-bond donors (Lipinski definition) is 2. The zero-order valence-corrected chi connectivity index (χ0v) is 13.9. The summed E-state index contributed by atoms with van der Waals surface area (Å²) in [5.41, 5.74) is 1.02. The zero-order valence-electron chi connectivity index (χ0n) is 13.9. The number of hydrogen-bond acceptors (Lipinski definition) is 4. The lowest BCUT2D eigenvalue weighted by Crippen LogP contribution is -2.19. The number of nitrogens with one attached hydrogen (secondary N) is 2. The number of fused-ring (bicyclic) bond motifs is 1. The monoisotopic (exact) mass is 310 g/mol. The molecular weight excluding hydrogens is 284 g/mol. The van der Waals surface area contributed by atoms with Gasteiger partial charge in [-0.3, -0.25) is 0 Å². The molecule has 1 heterocycles. The second-order valence-electron chi connectivity index (χ2n) is 7.21. The summed E-state index contributed by atoms with van der Waals surface area (Å²) in [5, 5.41) is 8.22. The van der Waals surface area contributed by atoms with E-state index in [0.717, 1.165) is 41.0 Å². The van der Waals surface area contributed by atoms with Crippen molar-refractivity contribution >= 4 is 22.7 Å². The van der Waals surface area contributed by atoms with E-state index in [-0.39, 0.29) is 0 Å². The summed E-state index contributed by atoms with van der Waals surface area (Å²) in [4.78, 5) is 9.48. The first-order valence-corrected chi connectivity index (χ1v) is 9.07. The second kappa shape index (κ2) is 6.34. The fourth-order valence-electron chi connectivity index (χ4n) is 3.65. The molecule has 0 unspecified atom stereocenters. The molecule has 0 bridgehead atoms. The maximum absolute atomic E-state index is 4.78. The van der Waals surface area contributed by atoms with Gasteiger partial charge in [-0.15, -0.1) is 0 Å². The summed E-state index contributed by atoms with van der Waals surface area (Å²) in [6.07, 6.45) is 8.09. The van der Waals surface area contributed by atoms with E-state index in [4.69, 9.17) is 9.97 Å². The molecule has 2 aromatic rings. The van der Waals surface area contributed by atoms with Crippen LogP contribution >= 0.6 is 0 Å². The number of anilines is 2. The van der Waals surface area contributed by atoms with Crippen LogP contribution in [-0.4, -0.2) is 22.6 Å². The van der Waals surface area contributed by atoms with Crippen molar-refractivity contribution in [3.63, 3.8) is 0 Å². The fraction of sp³-hybridized carbons (Fsp3) is 0.579. The lowest BCUT2D eigenvalue weighted by atomic mass is 10.1. The number of benzene rings is 1. The van der Waals surface area contributed by atoms with Crippen molar-refractivity contribution in [1.29, 1.82) is 0 Å². The Bertz CT molecular complexity index is 674. The zero-order chi connectivity index (χ0) is 15.6. The molecule has 0 saturated heterocycles. The maximum atomic E-state index is 4.78. The van der Waals surface area contributed by atoms with Gasteiger partial charge in [0.2, 0.25) is 5.95 Å². The molecule has 4 rings (SSSR count). The molecule has 2 saturated carbocycles. The summed E-state index contributed by atoms with van der Waals surface area (Å²) >= 11 is 0. The van der Waals surface area contributed by atoms with Crippen LogP contribution in [0.4, 0.5) is 11.8 Å². The van der Waals surface area contributed by atoms with Crippen LogP contribution in [0.3, 0.4) is 0 Å². The molecule has 122 valence electrons. The summed E-state index contributed by atoms with van der Waals surface area (Å²) in [6.45, 7) is 3.26. The third-order valence-electron chi connectivity index (χ3n) is 5.32. The predicted octanol–water partition coefficient (Wildman–Crippen LogP) is 4.44. The van der Waals surface area contributed by atoms with Crippen LogP contribution in [0.2, 0.25) is 0 Å². The molecule has 1 atom stereocenters. The molecule has 2 fully saturated rings. The summed E-state index contributed by atoms with van der Waals surface area (Å²) in [5.74, 6) is 3.33. The molecule has 0 aliphatic heterocycles. The Balaban J connectivity index is 1.56. The van der Waals surface area contributed by atoms with Crippen LogP contribution < -0.4 is 10.6 Å². The van der Waals surface area contributed by atoms with Gasteiger partial charge in [0, 0.05) is 18.0 Å². The molecule has 0 amide bonds. The Labute approximate surface area is 138 Å². The van der Waals surface area contributed by atoms with E-state index < -0.39 is 0 Å². The van der Waals surface area contributed by atoms with Gasteiger partial charge in [0.05, 0.1) is 5.52 Å². The first-order chi connectivity index (χ1) is 11.3. The summed E-state index contributed by atoms with van der Waals surface area (Å²) < 4.78 is 0. The molecule has 23 heavy (non-hydrogen) atoms. The van der Waals surface area contributed by atoms with E-state index in [2.05, 4.69) is 35.8 Å². The van der Waals surface area contributed by atoms with Crippen LogP contribution in [-0.2, 0) is 0 Å². The maximum Gasteiger partial charge on any atom is 0.225 e. The molecule has 1 aromatic carbocycles. The van der Waals surface area contributed by atoms with Gasteiger partial charge >= 0.3 is 0 Å². The van der Waals surface area contributed by atoms with Crippen molar-refractivity contribution in [2.24, 2.45) is 11.8 Å². The number of para-hydroxylation sites is 1. The van der Waals surface area contributed by atoms with Crippen LogP contribution in [0, 0.1) is 11.8 Å². The van der Waals surface area contributed by atoms with E-state index in [1.165, 1.54) is 38.5 Å². The first kappa shape index (κ1) is 14.7. The Morgan fingerprint density at radius 2 is 1.87 bits per heavy atom. The standard InChI is InChI=1S/C19H26N4/c1-13(15-10-11-15)21-18-16-8-4-5-9-17(16)22-19(23-18)20-12-14-6-2-3-7-14/h4-5,8-9,13-15H,2-3,6-7,10-12H2,1H3,(H2,20,21,22,23)/t13-/m1/s1. The van der Waals surface area contributed by atoms with E-state index in [1.807, 2.05) is 6.07 Å². The molecule has 2 aliphatic carbocycles. The normalized spacial score (nSPS) is 19.9. The Morgan fingerprint density at radius 1 is 1.09 bits per heavy atom. The fourth-order valence-corrected chi connectivity index (χ4v) is 3.65. The molecule has 2 N–H and O–H groups in total. The van der Waals surface area contributed by atoms with Gasteiger partial charge in [0.25, 0.3) is 0 Å². The lowest BCUT2D eigenvalue weighted by molar-refractivity contribution is 0.578. The van der Waals surface area contributed by atoms with Gasteiger partial charge in [0.1, 0.15) is 5.82 Å². The highest BCUT2D eigenvalue weighted by Gasteiger charge is 2.28. The van der Waals surface area contributed by atoms with E-state index in [9.17, 15) is 0 Å². The summed E-state index contributed by atoms with van der Waals surface area (Å²) in [7, 11) is 0. The van der Waals surface area contributed by atoms with Gasteiger partial charge in [-0.05, 0) is 56.6 Å². The van der Waals surface area contributed by atoms with Gasteiger partial charge < -0.3 is 10.6 Å². The van der Waals surface area contributed by atoms with E-state index in [1.54, 1.807) is 0 Å². The second-order valence-corrected chi connectivity index (χ2v) is 7.21. The molecule has 0 radical (unpaired) electrons. The van der Waals surface area contributed by atoms with Crippen molar-refractivity contribution in [3.05, 3.63) is 24.3 Å². The highest BCUT2D eigenvalue weighted by atomic mass is 15.1. The third-order valence-corrected chi connectivity index (χ3v) is 5.32. The van der Waals surface area contributed by atoms with Crippen LogP contribution in [0.5, 0.6) is 0 Å². The lowest BCUT2D eigenvalue weighted by Gasteiger charge is -2.17. The average Bonchev–Trinajstić information content (AvgIpc) is 3.30. The van der Waals surface area contributed by atoms with Crippen molar-refractivity contribution in [2.75, 3.05) is 17.2 Å². The molecule has 4 nitrogen and oxygen atoms in total. The molecular formula is C19H26N4. The van der Waals surface area contributed by atoms with Crippen molar-refractivity contribution in [2.45, 2.75) is 51.5 Å². The molecule has 0 spiro atoms. The minimum atomic E-state index is 0.482. The van der Waals surface area contributed by atoms with E-state index in [0.29, 0.717) is 6.04 Å². The Kier molecular flexibility index (Phi) is 4.06. The topological polar surface area (TPSA) is 49.8 Å².